The molecule has 62 heavy (non-hydrogen) atoms. The van der Waals surface area contributed by atoms with Crippen LogP contribution in [0.1, 0.15) is 22.3 Å². The summed E-state index contributed by atoms with van der Waals surface area (Å²) in [6.45, 7) is 6.43. The molecule has 0 heterocycles. The van der Waals surface area contributed by atoms with E-state index in [-0.39, 0.29) is 26.4 Å². The maximum absolute atomic E-state index is 13.1. The van der Waals surface area contributed by atoms with E-state index in [0.717, 1.165) is 58.3 Å². The van der Waals surface area contributed by atoms with Crippen LogP contribution in [0.3, 0.4) is 0 Å². The molecule has 4 aromatic rings. The average molecular weight is 862 g/mol. The van der Waals surface area contributed by atoms with Gasteiger partial charge in [0.25, 0.3) is 0 Å². The summed E-state index contributed by atoms with van der Waals surface area (Å²) in [4.78, 5) is 31.6. The summed E-state index contributed by atoms with van der Waals surface area (Å²) < 4.78 is 54.9. The fourth-order valence-electron chi connectivity index (χ4n) is 5.93. The molecule has 0 N–H and O–H groups in total. The number of likely N-dealkylation sites (N-methyl/N-ethyl adjacent to an activating group) is 1. The van der Waals surface area contributed by atoms with Crippen molar-refractivity contribution in [3.8, 4) is 23.0 Å². The highest BCUT2D eigenvalue weighted by Gasteiger charge is 2.18. The SMILES string of the molecule is COc1ccc(CN(Cc2ccc(OC)cc2)C(=O)OCCOCCOCCN(C)CCOCCOCCOC(=O)N(Cc2ccc(OC)cc2)Cc2ccc(OC)cc2)cc1. The van der Waals surface area contributed by atoms with E-state index < -0.39 is 12.2 Å². The number of hydrogen-bond donors (Lipinski definition) is 0. The Labute approximate surface area is 366 Å². The number of benzene rings is 4. The van der Waals surface area contributed by atoms with Gasteiger partial charge >= 0.3 is 12.2 Å². The third-order valence-electron chi connectivity index (χ3n) is 9.53. The fraction of sp³-hybridized carbons (Fsp3) is 0.447. The van der Waals surface area contributed by atoms with Crippen molar-refractivity contribution in [2.75, 3.05) is 115 Å². The average Bonchev–Trinajstić information content (AvgIpc) is 3.30. The fourth-order valence-corrected chi connectivity index (χ4v) is 5.93. The van der Waals surface area contributed by atoms with Gasteiger partial charge in [-0.25, -0.2) is 9.59 Å². The summed E-state index contributed by atoms with van der Waals surface area (Å²) in [5.41, 5.74) is 3.81. The highest BCUT2D eigenvalue weighted by molar-refractivity contribution is 5.68. The van der Waals surface area contributed by atoms with Gasteiger partial charge in [-0.05, 0) is 77.8 Å². The molecule has 4 aromatic carbocycles. The molecule has 0 aliphatic heterocycles. The van der Waals surface area contributed by atoms with Crippen molar-refractivity contribution in [1.29, 1.82) is 0 Å². The van der Waals surface area contributed by atoms with Crippen molar-refractivity contribution in [1.82, 2.24) is 14.7 Å². The lowest BCUT2D eigenvalue weighted by Crippen LogP contribution is -2.31. The summed E-state index contributed by atoms with van der Waals surface area (Å²) >= 11 is 0. The van der Waals surface area contributed by atoms with Crippen molar-refractivity contribution >= 4 is 12.2 Å². The van der Waals surface area contributed by atoms with E-state index >= 15 is 0 Å². The smallest absolute Gasteiger partial charge is 0.410 e. The number of methoxy groups -OCH3 is 4. The maximum atomic E-state index is 13.1. The number of carbonyl (C=O) groups excluding carboxylic acids is 2. The predicted molar refractivity (Wildman–Crippen MR) is 234 cm³/mol. The summed E-state index contributed by atoms with van der Waals surface area (Å²) in [7, 11) is 8.47. The second kappa shape index (κ2) is 28.9. The lowest BCUT2D eigenvalue weighted by atomic mass is 10.1. The minimum absolute atomic E-state index is 0.124. The van der Waals surface area contributed by atoms with Crippen LogP contribution in [0, 0.1) is 0 Å². The molecule has 338 valence electrons. The lowest BCUT2D eigenvalue weighted by molar-refractivity contribution is 0.0103. The molecule has 15 nitrogen and oxygen atoms in total. The molecule has 0 saturated carbocycles. The number of nitrogens with zero attached hydrogens (tertiary/aromatic N) is 3. The third-order valence-corrected chi connectivity index (χ3v) is 9.53. The quantitative estimate of drug-likeness (QED) is 0.0516. The van der Waals surface area contributed by atoms with Gasteiger partial charge in [0.1, 0.15) is 36.2 Å². The molecule has 0 unspecified atom stereocenters. The topological polar surface area (TPSA) is 136 Å². The molecule has 0 spiro atoms. The van der Waals surface area contributed by atoms with Crippen LogP contribution in [0.2, 0.25) is 0 Å². The van der Waals surface area contributed by atoms with Gasteiger partial charge < -0.3 is 52.3 Å². The first-order valence-electron chi connectivity index (χ1n) is 20.6. The molecule has 0 radical (unpaired) electrons. The molecule has 0 bridgehead atoms. The van der Waals surface area contributed by atoms with E-state index in [0.29, 0.717) is 65.8 Å². The van der Waals surface area contributed by atoms with Crippen molar-refractivity contribution in [3.05, 3.63) is 119 Å². The number of amides is 2. The van der Waals surface area contributed by atoms with Crippen LogP contribution in [0.15, 0.2) is 97.1 Å². The van der Waals surface area contributed by atoms with Crippen LogP contribution in [0.4, 0.5) is 9.59 Å². The van der Waals surface area contributed by atoms with Gasteiger partial charge in [-0.1, -0.05) is 48.5 Å². The van der Waals surface area contributed by atoms with Crippen LogP contribution in [-0.4, -0.2) is 142 Å². The molecule has 0 aromatic heterocycles. The van der Waals surface area contributed by atoms with Gasteiger partial charge in [-0.3, -0.25) is 9.80 Å². The van der Waals surface area contributed by atoms with Gasteiger partial charge in [-0.2, -0.15) is 0 Å². The molecule has 0 aliphatic carbocycles. The Morgan fingerprint density at radius 2 is 0.613 bits per heavy atom. The Hall–Kier alpha value is -5.58. The van der Waals surface area contributed by atoms with E-state index in [1.54, 1.807) is 38.2 Å². The van der Waals surface area contributed by atoms with Crippen molar-refractivity contribution < 1.29 is 57.0 Å². The minimum Gasteiger partial charge on any atom is -0.497 e. The zero-order valence-corrected chi connectivity index (χ0v) is 36.8. The standard InChI is InChI=1S/C47H63N3O12/c1-48(22-24-57-26-28-59-30-32-61-46(51)49(34-38-6-14-42(53-2)15-7-38)35-39-8-16-43(54-3)17-9-39)23-25-58-27-29-60-31-33-62-47(52)50(36-40-10-18-44(55-4)19-11-40)37-41-12-20-45(56-5)21-13-41/h6-21H,22-37H2,1-5H3. The number of ether oxygens (including phenoxy) is 10. The largest absolute Gasteiger partial charge is 0.497 e. The highest BCUT2D eigenvalue weighted by Crippen LogP contribution is 2.19. The highest BCUT2D eigenvalue weighted by atomic mass is 16.6. The first-order chi connectivity index (χ1) is 30.3. The summed E-state index contributed by atoms with van der Waals surface area (Å²) in [5, 5.41) is 0. The normalized spacial score (nSPS) is 10.9. The molecular weight excluding hydrogens is 799 g/mol. The van der Waals surface area contributed by atoms with E-state index in [9.17, 15) is 9.59 Å². The Morgan fingerprint density at radius 1 is 0.371 bits per heavy atom. The van der Waals surface area contributed by atoms with Gasteiger partial charge in [0.15, 0.2) is 0 Å². The van der Waals surface area contributed by atoms with E-state index in [1.165, 1.54) is 0 Å². The van der Waals surface area contributed by atoms with Gasteiger partial charge in [-0.15, -0.1) is 0 Å². The zero-order valence-electron chi connectivity index (χ0n) is 36.8. The number of hydrogen-bond acceptors (Lipinski definition) is 13. The molecule has 0 saturated heterocycles. The van der Waals surface area contributed by atoms with Crippen molar-refractivity contribution in [2.24, 2.45) is 0 Å². The summed E-state index contributed by atoms with van der Waals surface area (Å²) in [6, 6.07) is 30.4. The first kappa shape index (κ1) is 49.1. The molecule has 0 atom stereocenters. The number of carbonyl (C=O) groups is 2. The second-order valence-corrected chi connectivity index (χ2v) is 14.1. The van der Waals surface area contributed by atoms with Crippen LogP contribution in [0.5, 0.6) is 23.0 Å². The van der Waals surface area contributed by atoms with E-state index in [1.807, 2.05) is 104 Å². The lowest BCUT2D eigenvalue weighted by Gasteiger charge is -2.23. The summed E-state index contributed by atoms with van der Waals surface area (Å²) in [5.74, 6) is 2.99. The maximum Gasteiger partial charge on any atom is 0.410 e. The van der Waals surface area contributed by atoms with Crippen LogP contribution in [0.25, 0.3) is 0 Å². The van der Waals surface area contributed by atoms with Gasteiger partial charge in [0, 0.05) is 39.3 Å². The second-order valence-electron chi connectivity index (χ2n) is 14.1. The van der Waals surface area contributed by atoms with Crippen molar-refractivity contribution in [3.63, 3.8) is 0 Å². The van der Waals surface area contributed by atoms with Crippen LogP contribution < -0.4 is 18.9 Å². The monoisotopic (exact) mass is 861 g/mol. The van der Waals surface area contributed by atoms with Crippen molar-refractivity contribution in [2.45, 2.75) is 26.2 Å². The zero-order chi connectivity index (χ0) is 44.2. The molecule has 0 fully saturated rings. The van der Waals surface area contributed by atoms with Crippen LogP contribution in [-0.2, 0) is 54.6 Å². The molecule has 0 aliphatic rings. The summed E-state index contributed by atoms with van der Waals surface area (Å²) in [6.07, 6.45) is -0.860. The number of rotatable bonds is 30. The molecule has 2 amide bonds. The molecule has 15 heteroatoms. The van der Waals surface area contributed by atoms with E-state index in [4.69, 9.17) is 47.4 Å². The Morgan fingerprint density at radius 3 is 0.871 bits per heavy atom. The van der Waals surface area contributed by atoms with E-state index in [2.05, 4.69) is 4.90 Å². The van der Waals surface area contributed by atoms with Gasteiger partial charge in [0.2, 0.25) is 0 Å². The first-order valence-corrected chi connectivity index (χ1v) is 20.6. The molecular formula is C47H63N3O12. The predicted octanol–water partition coefficient (Wildman–Crippen LogP) is 6.70. The van der Waals surface area contributed by atoms with Gasteiger partial charge in [0.05, 0.1) is 81.3 Å². The van der Waals surface area contributed by atoms with Crippen LogP contribution >= 0.6 is 0 Å². The third kappa shape index (κ3) is 19.0. The Bertz CT molecular complexity index is 1580. The minimum atomic E-state index is -0.430. The molecule has 4 rings (SSSR count). The Balaban J connectivity index is 1.00. The Kier molecular flexibility index (Phi) is 22.8.